The molecule has 1 aliphatic carbocycles. The van der Waals surface area contributed by atoms with Gasteiger partial charge in [0.2, 0.25) is 0 Å². The summed E-state index contributed by atoms with van der Waals surface area (Å²) in [5, 5.41) is 1.72. The van der Waals surface area contributed by atoms with Crippen molar-refractivity contribution < 1.29 is 4.79 Å². The van der Waals surface area contributed by atoms with E-state index in [4.69, 9.17) is 11.6 Å². The van der Waals surface area contributed by atoms with Crippen LogP contribution in [0.2, 0.25) is 5.02 Å². The lowest BCUT2D eigenvalue weighted by atomic mass is 10.0. The molecule has 0 spiro atoms. The van der Waals surface area contributed by atoms with E-state index in [-0.39, 0.29) is 5.91 Å². The average molecular weight is 338 g/mol. The molecule has 1 aromatic carbocycles. The molecule has 0 N–H and O–H groups in total. The number of nitrogens with zero attached hydrogens (tertiary/aromatic N) is 3. The van der Waals surface area contributed by atoms with Gasteiger partial charge in [-0.2, -0.15) is 0 Å². The summed E-state index contributed by atoms with van der Waals surface area (Å²) >= 11 is 6.04. The van der Waals surface area contributed by atoms with Crippen molar-refractivity contribution in [2.45, 2.75) is 25.4 Å². The molecule has 0 atom stereocenters. The van der Waals surface area contributed by atoms with Gasteiger partial charge in [-0.3, -0.25) is 4.79 Å². The van der Waals surface area contributed by atoms with E-state index in [1.165, 1.54) is 0 Å². The molecule has 2 aliphatic rings. The van der Waals surface area contributed by atoms with Gasteiger partial charge in [0.25, 0.3) is 5.91 Å². The first kappa shape index (κ1) is 14.1. The van der Waals surface area contributed by atoms with E-state index in [0.29, 0.717) is 11.1 Å². The van der Waals surface area contributed by atoms with Crippen LogP contribution in [-0.2, 0) is 6.54 Å². The molecule has 0 saturated heterocycles. The molecule has 4 nitrogen and oxygen atoms in total. The number of carbonyl (C=O) groups excluding carboxylic acids is 1. The highest BCUT2D eigenvalue weighted by atomic mass is 35.5. The Kier molecular flexibility index (Phi) is 2.98. The maximum Gasteiger partial charge on any atom is 0.271 e. The van der Waals surface area contributed by atoms with Crippen molar-refractivity contribution in [2.24, 2.45) is 0 Å². The fourth-order valence-electron chi connectivity index (χ4n) is 3.70. The van der Waals surface area contributed by atoms with Gasteiger partial charge in [-0.1, -0.05) is 23.7 Å². The highest BCUT2D eigenvalue weighted by Gasteiger charge is 2.39. The van der Waals surface area contributed by atoms with Crippen LogP contribution in [0, 0.1) is 0 Å². The van der Waals surface area contributed by atoms with E-state index in [1.807, 2.05) is 41.3 Å². The molecule has 5 rings (SSSR count). The van der Waals surface area contributed by atoms with Crippen LogP contribution in [0.15, 0.2) is 42.6 Å². The molecule has 24 heavy (non-hydrogen) atoms. The van der Waals surface area contributed by atoms with Gasteiger partial charge in [0.15, 0.2) is 0 Å². The summed E-state index contributed by atoms with van der Waals surface area (Å²) in [5.74, 6) is 0.131. The van der Waals surface area contributed by atoms with Crippen LogP contribution in [0.25, 0.3) is 22.2 Å². The van der Waals surface area contributed by atoms with Crippen molar-refractivity contribution in [1.82, 2.24) is 14.5 Å². The number of hydrogen-bond acceptors (Lipinski definition) is 2. The molecule has 0 bridgehead atoms. The third kappa shape index (κ3) is 1.99. The Morgan fingerprint density at radius 2 is 1.88 bits per heavy atom. The third-order valence-corrected chi connectivity index (χ3v) is 5.22. The summed E-state index contributed by atoms with van der Waals surface area (Å²) < 4.78 is 2.08. The Balaban J connectivity index is 1.79. The van der Waals surface area contributed by atoms with Crippen molar-refractivity contribution in [3.05, 3.63) is 53.3 Å². The first-order chi connectivity index (χ1) is 11.7. The van der Waals surface area contributed by atoms with Gasteiger partial charge < -0.3 is 9.47 Å². The summed E-state index contributed by atoms with van der Waals surface area (Å²) in [7, 11) is 0. The normalized spacial score (nSPS) is 17.4. The van der Waals surface area contributed by atoms with Crippen LogP contribution >= 0.6 is 11.6 Å². The highest BCUT2D eigenvalue weighted by Crippen LogP contribution is 2.39. The lowest BCUT2D eigenvalue weighted by molar-refractivity contribution is 0.0693. The van der Waals surface area contributed by atoms with Crippen LogP contribution in [-0.4, -0.2) is 32.9 Å². The Morgan fingerprint density at radius 1 is 1.08 bits per heavy atom. The molecular weight excluding hydrogens is 322 g/mol. The fourth-order valence-corrected chi connectivity index (χ4v) is 3.83. The van der Waals surface area contributed by atoms with Gasteiger partial charge in [-0.25, -0.2) is 4.98 Å². The molecular formula is C19H16ClN3O. The minimum atomic E-state index is 0.131. The summed E-state index contributed by atoms with van der Waals surface area (Å²) in [5.41, 5.74) is 3.65. The van der Waals surface area contributed by atoms with Crippen LogP contribution in [0.5, 0.6) is 0 Å². The smallest absolute Gasteiger partial charge is 0.271 e. The van der Waals surface area contributed by atoms with Crippen molar-refractivity contribution in [1.29, 1.82) is 0 Å². The number of rotatable bonds is 2. The summed E-state index contributed by atoms with van der Waals surface area (Å²) in [6.07, 6.45) is 4.04. The summed E-state index contributed by atoms with van der Waals surface area (Å²) in [6.45, 7) is 1.58. The zero-order chi connectivity index (χ0) is 16.3. The average Bonchev–Trinajstić information content (AvgIpc) is 3.38. The monoisotopic (exact) mass is 337 g/mol. The molecule has 3 heterocycles. The number of aromatic nitrogens is 2. The van der Waals surface area contributed by atoms with Crippen molar-refractivity contribution in [3.8, 4) is 11.1 Å². The van der Waals surface area contributed by atoms with Crippen LogP contribution < -0.4 is 0 Å². The first-order valence-electron chi connectivity index (χ1n) is 8.28. The second-order valence-electron chi connectivity index (χ2n) is 6.49. The lowest BCUT2D eigenvalue weighted by Crippen LogP contribution is -2.41. The molecule has 0 radical (unpaired) electrons. The third-order valence-electron chi connectivity index (χ3n) is 4.97. The van der Waals surface area contributed by atoms with Gasteiger partial charge in [-0.15, -0.1) is 0 Å². The van der Waals surface area contributed by atoms with E-state index in [2.05, 4.69) is 9.55 Å². The minimum absolute atomic E-state index is 0.131. The summed E-state index contributed by atoms with van der Waals surface area (Å²) in [4.78, 5) is 19.8. The zero-order valence-electron chi connectivity index (χ0n) is 13.1. The van der Waals surface area contributed by atoms with E-state index in [0.717, 1.165) is 53.8 Å². The fraction of sp³-hybridized carbons (Fsp3) is 0.263. The Hall–Kier alpha value is -2.33. The number of hydrogen-bond donors (Lipinski definition) is 0. The lowest BCUT2D eigenvalue weighted by Gasteiger charge is -2.29. The van der Waals surface area contributed by atoms with Crippen LogP contribution in [0.3, 0.4) is 0 Å². The van der Waals surface area contributed by atoms with Crippen LogP contribution in [0.1, 0.15) is 23.3 Å². The predicted octanol–water partition coefficient (Wildman–Crippen LogP) is 3.97. The van der Waals surface area contributed by atoms with Gasteiger partial charge in [-0.05, 0) is 42.7 Å². The van der Waals surface area contributed by atoms with Gasteiger partial charge in [0, 0.05) is 41.3 Å². The van der Waals surface area contributed by atoms with E-state index < -0.39 is 0 Å². The largest absolute Gasteiger partial charge is 0.333 e. The van der Waals surface area contributed by atoms with E-state index in [1.54, 1.807) is 6.20 Å². The second kappa shape index (κ2) is 5.08. The molecule has 0 unspecified atom stereocenters. The highest BCUT2D eigenvalue weighted by molar-refractivity contribution is 6.30. The molecule has 1 saturated carbocycles. The SMILES string of the molecule is O=C1c2c(-c3ccc(Cl)cc3)c3cccnc3n2CCN1C1CC1. The number of amides is 1. The van der Waals surface area contributed by atoms with E-state index >= 15 is 0 Å². The zero-order valence-corrected chi connectivity index (χ0v) is 13.8. The molecule has 2 aromatic heterocycles. The van der Waals surface area contributed by atoms with E-state index in [9.17, 15) is 4.79 Å². The number of carbonyl (C=O) groups is 1. The topological polar surface area (TPSA) is 38.1 Å². The minimum Gasteiger partial charge on any atom is -0.333 e. The molecule has 120 valence electrons. The van der Waals surface area contributed by atoms with Crippen molar-refractivity contribution in [2.75, 3.05) is 6.54 Å². The first-order valence-corrected chi connectivity index (χ1v) is 8.66. The Morgan fingerprint density at radius 3 is 2.62 bits per heavy atom. The molecule has 1 amide bonds. The summed E-state index contributed by atoms with van der Waals surface area (Å²) in [6, 6.07) is 12.1. The molecule has 1 aliphatic heterocycles. The maximum absolute atomic E-state index is 13.2. The molecule has 1 fully saturated rings. The molecule has 3 aromatic rings. The van der Waals surface area contributed by atoms with Crippen LogP contribution in [0.4, 0.5) is 0 Å². The number of benzene rings is 1. The second-order valence-corrected chi connectivity index (χ2v) is 6.92. The quantitative estimate of drug-likeness (QED) is 0.709. The van der Waals surface area contributed by atoms with Gasteiger partial charge in [0.05, 0.1) is 0 Å². The Labute approximate surface area is 144 Å². The van der Waals surface area contributed by atoms with Crippen molar-refractivity contribution >= 4 is 28.5 Å². The van der Waals surface area contributed by atoms with Crippen molar-refractivity contribution in [3.63, 3.8) is 0 Å². The Bertz CT molecular complexity index is 957. The number of pyridine rings is 1. The van der Waals surface area contributed by atoms with Gasteiger partial charge in [0.1, 0.15) is 11.3 Å². The number of fused-ring (bicyclic) bond motifs is 3. The number of halogens is 1. The standard InChI is InChI=1S/C19H16ClN3O/c20-13-5-3-12(4-6-13)16-15-2-1-9-21-18(15)23-11-10-22(14-7-8-14)19(24)17(16)23/h1-6,9,14H,7-8,10-11H2. The van der Waals surface area contributed by atoms with Gasteiger partial charge >= 0.3 is 0 Å². The molecule has 5 heteroatoms. The maximum atomic E-state index is 13.2. The predicted molar refractivity (Wildman–Crippen MR) is 94.2 cm³/mol.